The summed E-state index contributed by atoms with van der Waals surface area (Å²) in [4.78, 5) is 23.4. The van der Waals surface area contributed by atoms with Crippen LogP contribution in [0.2, 0.25) is 0 Å². The highest BCUT2D eigenvalue weighted by Gasteiger charge is 2.28. The van der Waals surface area contributed by atoms with Crippen molar-refractivity contribution in [2.45, 2.75) is 45.6 Å². The molecule has 0 aliphatic carbocycles. The summed E-state index contributed by atoms with van der Waals surface area (Å²) in [5.74, 6) is 1.91. The Balaban J connectivity index is 1.69. The number of nitrogens with zero attached hydrogens (tertiary/aromatic N) is 3. The maximum atomic E-state index is 12.4. The third kappa shape index (κ3) is 5.21. The minimum atomic E-state index is -0.476. The molecule has 1 fully saturated rings. The molecule has 1 saturated heterocycles. The summed E-state index contributed by atoms with van der Waals surface area (Å²) in [6, 6.07) is 9.74. The number of carbonyl (C=O) groups excluding carboxylic acids is 1. The van der Waals surface area contributed by atoms with Crippen LogP contribution in [0.25, 0.3) is 11.3 Å². The topological polar surface area (TPSA) is 64.5 Å². The molecule has 2 heterocycles. The molecule has 0 bridgehead atoms. The first-order valence-electron chi connectivity index (χ1n) is 9.79. The second-order valence-electron chi connectivity index (χ2n) is 8.20. The van der Waals surface area contributed by atoms with Crippen molar-refractivity contribution in [1.82, 2.24) is 14.9 Å². The molecule has 6 nitrogen and oxygen atoms in total. The number of likely N-dealkylation sites (tertiary alicyclic amines) is 1. The van der Waals surface area contributed by atoms with Gasteiger partial charge in [0.15, 0.2) is 0 Å². The quantitative estimate of drug-likeness (QED) is 0.786. The Kier molecular flexibility index (Phi) is 6.17. The number of carbonyl (C=O) groups is 1. The van der Waals surface area contributed by atoms with Gasteiger partial charge in [0.2, 0.25) is 0 Å². The zero-order valence-electron chi connectivity index (χ0n) is 17.1. The van der Waals surface area contributed by atoms with Gasteiger partial charge in [-0.15, -0.1) is 0 Å². The van der Waals surface area contributed by atoms with Crippen LogP contribution < -0.4 is 4.74 Å². The average molecular weight is 383 g/mol. The number of piperidine rings is 1. The lowest BCUT2D eigenvalue weighted by molar-refractivity contribution is 0.0165. The second kappa shape index (κ2) is 8.59. The standard InChI is InChI=1S/C22H29N3O3/c1-22(2,3)28-21(26)25-13-7-8-16(15-25)14-20-23-12-11-18(24-20)17-9-5-6-10-19(17)27-4/h5-6,9-12,16H,7-8,13-15H2,1-4H3. The first-order chi connectivity index (χ1) is 13.4. The maximum Gasteiger partial charge on any atom is 0.410 e. The van der Waals surface area contributed by atoms with Crippen LogP contribution in [0.4, 0.5) is 4.79 Å². The third-order valence-electron chi connectivity index (χ3n) is 4.73. The van der Waals surface area contributed by atoms with Crippen molar-refractivity contribution in [2.75, 3.05) is 20.2 Å². The molecule has 1 aromatic carbocycles. The van der Waals surface area contributed by atoms with Crippen molar-refractivity contribution in [1.29, 1.82) is 0 Å². The van der Waals surface area contributed by atoms with Gasteiger partial charge in [0.05, 0.1) is 12.8 Å². The van der Waals surface area contributed by atoms with E-state index in [0.717, 1.165) is 48.6 Å². The van der Waals surface area contributed by atoms with E-state index in [1.165, 1.54) is 0 Å². The average Bonchev–Trinajstić information content (AvgIpc) is 2.67. The predicted molar refractivity (Wildman–Crippen MR) is 108 cm³/mol. The number of amides is 1. The molecule has 0 N–H and O–H groups in total. The largest absolute Gasteiger partial charge is 0.496 e. The molecule has 150 valence electrons. The van der Waals surface area contributed by atoms with Gasteiger partial charge in [0, 0.05) is 31.3 Å². The maximum absolute atomic E-state index is 12.4. The molecule has 1 aliphatic heterocycles. The van der Waals surface area contributed by atoms with Gasteiger partial charge in [0.25, 0.3) is 0 Å². The number of rotatable bonds is 4. The van der Waals surface area contributed by atoms with E-state index in [-0.39, 0.29) is 6.09 Å². The monoisotopic (exact) mass is 383 g/mol. The minimum absolute atomic E-state index is 0.235. The molecule has 0 radical (unpaired) electrons. The number of aromatic nitrogens is 2. The first kappa shape index (κ1) is 20.1. The summed E-state index contributed by atoms with van der Waals surface area (Å²) < 4.78 is 11.0. The number of para-hydroxylation sites is 1. The van der Waals surface area contributed by atoms with Crippen molar-refractivity contribution in [3.8, 4) is 17.0 Å². The van der Waals surface area contributed by atoms with Crippen LogP contribution in [0.15, 0.2) is 36.5 Å². The minimum Gasteiger partial charge on any atom is -0.496 e. The fourth-order valence-electron chi connectivity index (χ4n) is 3.49. The fourth-order valence-corrected chi connectivity index (χ4v) is 3.49. The van der Waals surface area contributed by atoms with E-state index < -0.39 is 5.60 Å². The molecule has 1 unspecified atom stereocenters. The van der Waals surface area contributed by atoms with Crippen molar-refractivity contribution in [3.05, 3.63) is 42.4 Å². The Labute approximate surface area is 166 Å². The van der Waals surface area contributed by atoms with E-state index >= 15 is 0 Å². The third-order valence-corrected chi connectivity index (χ3v) is 4.73. The summed E-state index contributed by atoms with van der Waals surface area (Å²) in [6.45, 7) is 7.10. The summed E-state index contributed by atoms with van der Waals surface area (Å²) in [5.41, 5.74) is 1.32. The van der Waals surface area contributed by atoms with Gasteiger partial charge in [0.1, 0.15) is 17.2 Å². The van der Waals surface area contributed by atoms with Gasteiger partial charge < -0.3 is 14.4 Å². The summed E-state index contributed by atoms with van der Waals surface area (Å²) in [7, 11) is 1.66. The normalized spacial score (nSPS) is 17.3. The van der Waals surface area contributed by atoms with Crippen molar-refractivity contribution in [3.63, 3.8) is 0 Å². The zero-order chi connectivity index (χ0) is 20.1. The van der Waals surface area contributed by atoms with Crippen LogP contribution in [0.3, 0.4) is 0 Å². The highest BCUT2D eigenvalue weighted by Crippen LogP contribution is 2.28. The molecular formula is C22H29N3O3. The second-order valence-corrected chi connectivity index (χ2v) is 8.20. The first-order valence-corrected chi connectivity index (χ1v) is 9.79. The van der Waals surface area contributed by atoms with Crippen LogP contribution in [-0.2, 0) is 11.2 Å². The Morgan fingerprint density at radius 1 is 1.25 bits per heavy atom. The van der Waals surface area contributed by atoms with E-state index in [1.54, 1.807) is 13.3 Å². The van der Waals surface area contributed by atoms with Crippen LogP contribution in [0, 0.1) is 5.92 Å². The molecular weight excluding hydrogens is 354 g/mol. The Morgan fingerprint density at radius 3 is 2.79 bits per heavy atom. The van der Waals surface area contributed by atoms with Crippen molar-refractivity contribution < 1.29 is 14.3 Å². The fraction of sp³-hybridized carbons (Fsp3) is 0.500. The molecule has 1 atom stereocenters. The lowest BCUT2D eigenvalue weighted by atomic mass is 9.94. The Hall–Kier alpha value is -2.63. The number of hydrogen-bond donors (Lipinski definition) is 0. The lowest BCUT2D eigenvalue weighted by Gasteiger charge is -2.34. The van der Waals surface area contributed by atoms with E-state index in [2.05, 4.69) is 4.98 Å². The van der Waals surface area contributed by atoms with Crippen LogP contribution in [0.1, 0.15) is 39.4 Å². The van der Waals surface area contributed by atoms with Gasteiger partial charge in [-0.25, -0.2) is 14.8 Å². The van der Waals surface area contributed by atoms with Gasteiger partial charge in [-0.3, -0.25) is 0 Å². The number of methoxy groups -OCH3 is 1. The zero-order valence-corrected chi connectivity index (χ0v) is 17.1. The van der Waals surface area contributed by atoms with Crippen LogP contribution in [-0.4, -0.2) is 46.8 Å². The number of benzene rings is 1. The predicted octanol–water partition coefficient (Wildman–Crippen LogP) is 4.34. The number of ether oxygens (including phenoxy) is 2. The molecule has 0 spiro atoms. The number of hydrogen-bond acceptors (Lipinski definition) is 5. The molecule has 1 aromatic heterocycles. The Morgan fingerprint density at radius 2 is 2.04 bits per heavy atom. The van der Waals surface area contributed by atoms with E-state index in [9.17, 15) is 4.79 Å². The molecule has 1 aliphatic rings. The molecule has 1 amide bonds. The highest BCUT2D eigenvalue weighted by atomic mass is 16.6. The van der Waals surface area contributed by atoms with Gasteiger partial charge >= 0.3 is 6.09 Å². The summed E-state index contributed by atoms with van der Waals surface area (Å²) in [5, 5.41) is 0. The van der Waals surface area contributed by atoms with Crippen LogP contribution >= 0.6 is 0 Å². The SMILES string of the molecule is COc1ccccc1-c1ccnc(CC2CCCN(C(=O)OC(C)(C)C)C2)n1. The molecule has 28 heavy (non-hydrogen) atoms. The molecule has 6 heteroatoms. The highest BCUT2D eigenvalue weighted by molar-refractivity contribution is 5.68. The van der Waals surface area contributed by atoms with Crippen molar-refractivity contribution in [2.24, 2.45) is 5.92 Å². The van der Waals surface area contributed by atoms with Gasteiger partial charge in [-0.05, 0) is 57.7 Å². The van der Waals surface area contributed by atoms with Crippen LogP contribution in [0.5, 0.6) is 5.75 Å². The molecule has 0 saturated carbocycles. The molecule has 3 rings (SSSR count). The van der Waals surface area contributed by atoms with Gasteiger partial charge in [-0.2, -0.15) is 0 Å². The van der Waals surface area contributed by atoms with Crippen molar-refractivity contribution >= 4 is 6.09 Å². The van der Waals surface area contributed by atoms with Gasteiger partial charge in [-0.1, -0.05) is 12.1 Å². The summed E-state index contributed by atoms with van der Waals surface area (Å²) in [6.07, 6.45) is 4.32. The van der Waals surface area contributed by atoms with E-state index in [0.29, 0.717) is 12.5 Å². The summed E-state index contributed by atoms with van der Waals surface area (Å²) >= 11 is 0. The van der Waals surface area contributed by atoms with E-state index in [4.69, 9.17) is 14.5 Å². The smallest absolute Gasteiger partial charge is 0.410 e. The Bertz CT molecular complexity index is 817. The lowest BCUT2D eigenvalue weighted by Crippen LogP contribution is -2.43. The van der Waals surface area contributed by atoms with E-state index in [1.807, 2.05) is 56.0 Å². The molecule has 2 aromatic rings.